The van der Waals surface area contributed by atoms with Gasteiger partial charge in [0.05, 0.1) is 11.7 Å². The summed E-state index contributed by atoms with van der Waals surface area (Å²) in [5, 5.41) is 4.78. The number of amides is 1. The Morgan fingerprint density at radius 2 is 1.76 bits per heavy atom. The number of H-pyrrole nitrogens is 1. The minimum absolute atomic E-state index is 0.132. The lowest BCUT2D eigenvalue weighted by atomic mass is 10.1. The lowest BCUT2D eigenvalue weighted by Crippen LogP contribution is -2.49. The Morgan fingerprint density at radius 3 is 2.38 bits per heavy atom. The monoisotopic (exact) mass is 398 g/mol. The number of anilines is 1. The molecule has 0 spiro atoms. The van der Waals surface area contributed by atoms with Crippen molar-refractivity contribution in [3.8, 4) is 0 Å². The van der Waals surface area contributed by atoms with Crippen LogP contribution in [0.5, 0.6) is 0 Å². The summed E-state index contributed by atoms with van der Waals surface area (Å²) in [6, 6.07) is 5.55. The molecule has 0 unspecified atom stereocenters. The summed E-state index contributed by atoms with van der Waals surface area (Å²) in [7, 11) is 0. The molecule has 3 aromatic rings. The van der Waals surface area contributed by atoms with Gasteiger partial charge >= 0.3 is 0 Å². The van der Waals surface area contributed by atoms with Crippen LogP contribution in [0.15, 0.2) is 35.3 Å². The smallest absolute Gasteiger partial charge is 0.263 e. The molecule has 0 atom stereocenters. The van der Waals surface area contributed by atoms with Crippen molar-refractivity contribution in [1.29, 1.82) is 0 Å². The molecular weight excluding hydrogens is 375 g/mol. The number of carbonyl (C=O) groups excluding carboxylic acids is 1. The van der Waals surface area contributed by atoms with E-state index in [1.165, 1.54) is 30.5 Å². The van der Waals surface area contributed by atoms with Crippen molar-refractivity contribution in [2.45, 2.75) is 26.3 Å². The molecule has 152 valence electrons. The maximum atomic E-state index is 13.1. The van der Waals surface area contributed by atoms with E-state index in [1.807, 2.05) is 25.7 Å². The number of hydrogen-bond donors (Lipinski definition) is 1. The molecule has 1 fully saturated rings. The Morgan fingerprint density at radius 1 is 1.10 bits per heavy atom. The van der Waals surface area contributed by atoms with Crippen molar-refractivity contribution in [1.82, 2.24) is 24.6 Å². The minimum Gasteiger partial charge on any atom is -0.339 e. The van der Waals surface area contributed by atoms with Gasteiger partial charge in [0, 0.05) is 31.7 Å². The van der Waals surface area contributed by atoms with Gasteiger partial charge in [0.25, 0.3) is 11.5 Å². The number of hydrogen-bond acceptors (Lipinski definition) is 5. The first kappa shape index (κ1) is 19.1. The lowest BCUT2D eigenvalue weighted by molar-refractivity contribution is 0.0746. The van der Waals surface area contributed by atoms with Gasteiger partial charge in [-0.3, -0.25) is 14.6 Å². The quantitative estimate of drug-likeness (QED) is 0.713. The van der Waals surface area contributed by atoms with Gasteiger partial charge in [-0.1, -0.05) is 0 Å². The Balaban J connectivity index is 1.54. The molecule has 0 bridgehead atoms. The van der Waals surface area contributed by atoms with Crippen LogP contribution in [0.2, 0.25) is 0 Å². The number of rotatable bonds is 2. The van der Waals surface area contributed by atoms with E-state index < -0.39 is 0 Å². The molecule has 1 aliphatic rings. The fourth-order valence-electron chi connectivity index (χ4n) is 3.44. The summed E-state index contributed by atoms with van der Waals surface area (Å²) in [6.45, 7) is 8.04. The second-order valence-corrected chi connectivity index (χ2v) is 8.14. The molecule has 29 heavy (non-hydrogen) atoms. The lowest BCUT2D eigenvalue weighted by Gasteiger charge is -2.35. The first-order chi connectivity index (χ1) is 13.7. The molecule has 1 saturated heterocycles. The number of piperazine rings is 1. The summed E-state index contributed by atoms with van der Waals surface area (Å²) >= 11 is 0. The summed E-state index contributed by atoms with van der Waals surface area (Å²) in [6.07, 6.45) is 1.54. The highest BCUT2D eigenvalue weighted by Crippen LogP contribution is 2.20. The van der Waals surface area contributed by atoms with Gasteiger partial charge in [0.1, 0.15) is 11.2 Å². The van der Waals surface area contributed by atoms with Crippen molar-refractivity contribution in [3.05, 3.63) is 52.2 Å². The average molecular weight is 398 g/mol. The first-order valence-electron chi connectivity index (χ1n) is 9.52. The second kappa shape index (κ2) is 6.98. The number of benzene rings is 1. The van der Waals surface area contributed by atoms with Crippen LogP contribution in [0.3, 0.4) is 0 Å². The third-order valence-corrected chi connectivity index (χ3v) is 5.02. The molecule has 1 aliphatic heterocycles. The Labute approximate surface area is 167 Å². The van der Waals surface area contributed by atoms with Gasteiger partial charge in [0.2, 0.25) is 5.95 Å². The Kier molecular flexibility index (Phi) is 4.60. The Hall–Kier alpha value is -3.23. The molecular formula is C20H23FN6O2. The van der Waals surface area contributed by atoms with E-state index in [2.05, 4.69) is 15.1 Å². The number of fused-ring (bicyclic) bond motifs is 1. The zero-order valence-electron chi connectivity index (χ0n) is 16.6. The molecule has 0 saturated carbocycles. The maximum Gasteiger partial charge on any atom is 0.263 e. The number of aromatic amines is 1. The summed E-state index contributed by atoms with van der Waals surface area (Å²) in [5.74, 6) is -0.0268. The fourth-order valence-corrected chi connectivity index (χ4v) is 3.44. The van der Waals surface area contributed by atoms with Crippen molar-refractivity contribution in [2.75, 3.05) is 31.1 Å². The number of carbonyl (C=O) groups is 1. The number of halogens is 1. The van der Waals surface area contributed by atoms with Crippen LogP contribution in [-0.2, 0) is 5.54 Å². The summed E-state index contributed by atoms with van der Waals surface area (Å²) in [5.41, 5.74) is 0.466. The van der Waals surface area contributed by atoms with Crippen molar-refractivity contribution < 1.29 is 9.18 Å². The van der Waals surface area contributed by atoms with Crippen molar-refractivity contribution in [3.63, 3.8) is 0 Å². The highest BCUT2D eigenvalue weighted by atomic mass is 19.1. The summed E-state index contributed by atoms with van der Waals surface area (Å²) < 4.78 is 14.8. The second-order valence-electron chi connectivity index (χ2n) is 8.14. The standard InChI is InChI=1S/C20H23FN6O2/c1-20(2,3)27-16-15(12-22-27)17(28)24-19(23-16)26-10-8-25(9-11-26)18(29)13-4-6-14(21)7-5-13/h4-7,12H,8-11H2,1-3H3,(H,23,24,28). The van der Waals surface area contributed by atoms with Gasteiger partial charge < -0.3 is 9.80 Å². The average Bonchev–Trinajstić information content (AvgIpc) is 3.13. The highest BCUT2D eigenvalue weighted by Gasteiger charge is 2.25. The molecule has 1 N–H and O–H groups in total. The molecule has 8 nitrogen and oxygen atoms in total. The minimum atomic E-state index is -0.369. The zero-order chi connectivity index (χ0) is 20.8. The third-order valence-electron chi connectivity index (χ3n) is 5.02. The fraction of sp³-hybridized carbons (Fsp3) is 0.400. The maximum absolute atomic E-state index is 13.1. The van der Waals surface area contributed by atoms with Crippen LogP contribution >= 0.6 is 0 Å². The van der Waals surface area contributed by atoms with E-state index in [-0.39, 0.29) is 22.8 Å². The van der Waals surface area contributed by atoms with E-state index in [0.29, 0.717) is 48.7 Å². The van der Waals surface area contributed by atoms with Crippen LogP contribution in [0.1, 0.15) is 31.1 Å². The van der Waals surface area contributed by atoms with Gasteiger partial charge in [-0.25, -0.2) is 9.07 Å². The molecule has 9 heteroatoms. The van der Waals surface area contributed by atoms with Crippen molar-refractivity contribution >= 4 is 22.9 Å². The summed E-state index contributed by atoms with van der Waals surface area (Å²) in [4.78, 5) is 36.3. The predicted octanol–water partition coefficient (Wildman–Crippen LogP) is 1.98. The zero-order valence-corrected chi connectivity index (χ0v) is 16.6. The predicted molar refractivity (Wildman–Crippen MR) is 108 cm³/mol. The highest BCUT2D eigenvalue weighted by molar-refractivity contribution is 5.94. The van der Waals surface area contributed by atoms with E-state index in [4.69, 9.17) is 0 Å². The van der Waals surface area contributed by atoms with Crippen LogP contribution in [0.4, 0.5) is 10.3 Å². The molecule has 4 rings (SSSR count). The normalized spacial score (nSPS) is 15.2. The Bertz CT molecular complexity index is 1100. The largest absolute Gasteiger partial charge is 0.339 e. The molecule has 1 amide bonds. The van der Waals surface area contributed by atoms with Gasteiger partial charge in [-0.15, -0.1) is 0 Å². The van der Waals surface area contributed by atoms with Gasteiger partial charge in [0.15, 0.2) is 5.65 Å². The first-order valence-corrected chi connectivity index (χ1v) is 9.52. The van der Waals surface area contributed by atoms with E-state index in [1.54, 1.807) is 9.58 Å². The van der Waals surface area contributed by atoms with Crippen LogP contribution < -0.4 is 10.5 Å². The molecule has 0 radical (unpaired) electrons. The van der Waals surface area contributed by atoms with Crippen LogP contribution in [-0.4, -0.2) is 56.7 Å². The SMILES string of the molecule is CC(C)(C)n1ncc2c(=O)[nH]c(N3CCN(C(=O)c4ccc(F)cc4)CC3)nc21. The number of nitrogens with zero attached hydrogens (tertiary/aromatic N) is 5. The topological polar surface area (TPSA) is 87.1 Å². The van der Waals surface area contributed by atoms with E-state index in [0.717, 1.165) is 0 Å². The van der Waals surface area contributed by atoms with Crippen LogP contribution in [0, 0.1) is 5.82 Å². The molecule has 3 heterocycles. The van der Waals surface area contributed by atoms with Gasteiger partial charge in [-0.05, 0) is 45.0 Å². The number of nitrogens with one attached hydrogen (secondary N) is 1. The van der Waals surface area contributed by atoms with Gasteiger partial charge in [-0.2, -0.15) is 10.1 Å². The molecule has 2 aromatic heterocycles. The number of aromatic nitrogens is 4. The molecule has 1 aromatic carbocycles. The third kappa shape index (κ3) is 3.59. The molecule has 0 aliphatic carbocycles. The van der Waals surface area contributed by atoms with E-state index >= 15 is 0 Å². The van der Waals surface area contributed by atoms with E-state index in [9.17, 15) is 14.0 Å². The van der Waals surface area contributed by atoms with Crippen LogP contribution in [0.25, 0.3) is 11.0 Å². The van der Waals surface area contributed by atoms with Crippen molar-refractivity contribution in [2.24, 2.45) is 0 Å².